The van der Waals surface area contributed by atoms with E-state index in [9.17, 15) is 0 Å². The maximum Gasteiger partial charge on any atom is 0.168 e. The fourth-order valence-electron chi connectivity index (χ4n) is 1.72. The van der Waals surface area contributed by atoms with Crippen molar-refractivity contribution in [3.05, 3.63) is 40.7 Å². The van der Waals surface area contributed by atoms with Gasteiger partial charge >= 0.3 is 0 Å². The Bertz CT molecular complexity index is 508. The first-order valence-corrected chi connectivity index (χ1v) is 5.77. The molecular formula is C11H14ClN5. The summed E-state index contributed by atoms with van der Waals surface area (Å²) in [7, 11) is 0. The van der Waals surface area contributed by atoms with Crippen LogP contribution in [-0.2, 0) is 0 Å². The zero-order valence-electron chi connectivity index (χ0n) is 9.71. The second-order valence-electron chi connectivity index (χ2n) is 3.97. The van der Waals surface area contributed by atoms with Crippen LogP contribution in [0.3, 0.4) is 0 Å². The van der Waals surface area contributed by atoms with Crippen LogP contribution in [0.1, 0.15) is 37.3 Å². The van der Waals surface area contributed by atoms with Crippen molar-refractivity contribution in [3.8, 4) is 0 Å². The van der Waals surface area contributed by atoms with Gasteiger partial charge in [0.25, 0.3) is 0 Å². The van der Waals surface area contributed by atoms with E-state index in [0.717, 1.165) is 5.56 Å². The molecule has 0 bridgehead atoms. The molecule has 1 aromatic heterocycles. The van der Waals surface area contributed by atoms with Crippen LogP contribution in [0.15, 0.2) is 24.3 Å². The average molecular weight is 252 g/mol. The molecule has 2 aromatic rings. The molecule has 0 saturated carbocycles. The minimum Gasteiger partial charge on any atom is -0.322 e. The average Bonchev–Trinajstić information content (AvgIpc) is 2.77. The van der Waals surface area contributed by atoms with Gasteiger partial charge in [-0.1, -0.05) is 29.8 Å². The van der Waals surface area contributed by atoms with Crippen LogP contribution in [0.5, 0.6) is 0 Å². The standard InChI is InChI=1S/C11H14ClN5/c1-7(13)11-14-15-16-17(11)8(2)9-5-3-4-6-10(9)12/h3-8H,13H2,1-2H3. The van der Waals surface area contributed by atoms with Crippen molar-refractivity contribution < 1.29 is 0 Å². The van der Waals surface area contributed by atoms with E-state index in [-0.39, 0.29) is 12.1 Å². The van der Waals surface area contributed by atoms with Crippen LogP contribution < -0.4 is 5.73 Å². The lowest BCUT2D eigenvalue weighted by Crippen LogP contribution is -2.18. The minimum absolute atomic E-state index is 0.0419. The Hall–Kier alpha value is -1.46. The molecule has 1 heterocycles. The van der Waals surface area contributed by atoms with Crippen molar-refractivity contribution in [2.45, 2.75) is 25.9 Å². The molecule has 0 radical (unpaired) electrons. The lowest BCUT2D eigenvalue weighted by Gasteiger charge is -2.16. The van der Waals surface area contributed by atoms with Gasteiger partial charge in [-0.05, 0) is 35.9 Å². The van der Waals surface area contributed by atoms with E-state index in [2.05, 4.69) is 15.5 Å². The molecule has 0 aliphatic rings. The molecule has 17 heavy (non-hydrogen) atoms. The van der Waals surface area contributed by atoms with Gasteiger partial charge in [0.05, 0.1) is 12.1 Å². The third-order valence-electron chi connectivity index (χ3n) is 2.65. The maximum absolute atomic E-state index is 6.15. The molecule has 1 aromatic carbocycles. The number of hydrogen-bond acceptors (Lipinski definition) is 4. The summed E-state index contributed by atoms with van der Waals surface area (Å²) in [6, 6.07) is 7.39. The highest BCUT2D eigenvalue weighted by atomic mass is 35.5. The summed E-state index contributed by atoms with van der Waals surface area (Å²) >= 11 is 6.15. The Labute approximate surface area is 105 Å². The van der Waals surface area contributed by atoms with Gasteiger partial charge in [-0.25, -0.2) is 4.68 Å². The highest BCUT2D eigenvalue weighted by molar-refractivity contribution is 6.31. The lowest BCUT2D eigenvalue weighted by atomic mass is 10.1. The summed E-state index contributed by atoms with van der Waals surface area (Å²) in [5.74, 6) is 0.650. The van der Waals surface area contributed by atoms with Crippen LogP contribution in [0.2, 0.25) is 5.02 Å². The van der Waals surface area contributed by atoms with E-state index < -0.39 is 0 Å². The second-order valence-corrected chi connectivity index (χ2v) is 4.38. The number of nitrogens with two attached hydrogens (primary N) is 1. The highest BCUT2D eigenvalue weighted by Gasteiger charge is 2.18. The van der Waals surface area contributed by atoms with Crippen LogP contribution in [0, 0.1) is 0 Å². The Morgan fingerprint density at radius 2 is 2.00 bits per heavy atom. The molecule has 5 nitrogen and oxygen atoms in total. The van der Waals surface area contributed by atoms with Crippen LogP contribution in [-0.4, -0.2) is 20.2 Å². The number of aromatic nitrogens is 4. The largest absolute Gasteiger partial charge is 0.322 e. The monoisotopic (exact) mass is 251 g/mol. The van der Waals surface area contributed by atoms with Crippen LogP contribution >= 0.6 is 11.6 Å². The fraction of sp³-hybridized carbons (Fsp3) is 0.364. The smallest absolute Gasteiger partial charge is 0.168 e. The first-order valence-electron chi connectivity index (χ1n) is 5.39. The molecule has 0 aliphatic heterocycles. The van der Waals surface area contributed by atoms with E-state index in [1.165, 1.54) is 0 Å². The van der Waals surface area contributed by atoms with Crippen LogP contribution in [0.4, 0.5) is 0 Å². The zero-order chi connectivity index (χ0) is 12.4. The van der Waals surface area contributed by atoms with E-state index in [1.807, 2.05) is 38.1 Å². The van der Waals surface area contributed by atoms with E-state index in [4.69, 9.17) is 17.3 Å². The van der Waals surface area contributed by atoms with Gasteiger partial charge in [-0.2, -0.15) is 0 Å². The predicted molar refractivity (Wildman–Crippen MR) is 65.7 cm³/mol. The van der Waals surface area contributed by atoms with Crippen LogP contribution in [0.25, 0.3) is 0 Å². The summed E-state index contributed by atoms with van der Waals surface area (Å²) in [5, 5.41) is 12.3. The van der Waals surface area contributed by atoms with Crippen molar-refractivity contribution in [2.75, 3.05) is 0 Å². The number of benzene rings is 1. The summed E-state index contributed by atoms with van der Waals surface area (Å²) in [4.78, 5) is 0. The van der Waals surface area contributed by atoms with Crippen molar-refractivity contribution >= 4 is 11.6 Å². The third-order valence-corrected chi connectivity index (χ3v) is 2.99. The highest BCUT2D eigenvalue weighted by Crippen LogP contribution is 2.26. The SMILES string of the molecule is CC(N)c1nnnn1C(C)c1ccccc1Cl. The van der Waals surface area contributed by atoms with E-state index >= 15 is 0 Å². The van der Waals surface area contributed by atoms with Gasteiger partial charge in [0.15, 0.2) is 5.82 Å². The molecule has 0 saturated heterocycles. The Balaban J connectivity index is 2.41. The van der Waals surface area contributed by atoms with Gasteiger partial charge in [-0.15, -0.1) is 5.10 Å². The zero-order valence-corrected chi connectivity index (χ0v) is 10.5. The van der Waals surface area contributed by atoms with E-state index in [0.29, 0.717) is 10.8 Å². The van der Waals surface area contributed by atoms with Crippen molar-refractivity contribution in [1.82, 2.24) is 20.2 Å². The number of halogens is 1. The molecule has 2 rings (SSSR count). The normalized spacial score (nSPS) is 14.6. The van der Waals surface area contributed by atoms with Gasteiger partial charge < -0.3 is 5.73 Å². The third kappa shape index (κ3) is 2.30. The van der Waals surface area contributed by atoms with Gasteiger partial charge in [-0.3, -0.25) is 0 Å². The van der Waals surface area contributed by atoms with E-state index in [1.54, 1.807) is 4.68 Å². The van der Waals surface area contributed by atoms with Gasteiger partial charge in [0, 0.05) is 5.02 Å². The Morgan fingerprint density at radius 1 is 1.29 bits per heavy atom. The maximum atomic E-state index is 6.15. The van der Waals surface area contributed by atoms with Crippen molar-refractivity contribution in [2.24, 2.45) is 5.73 Å². The summed E-state index contributed by atoms with van der Waals surface area (Å²) in [6.45, 7) is 3.84. The second kappa shape index (κ2) is 4.81. The Kier molecular flexibility index (Phi) is 3.40. The van der Waals surface area contributed by atoms with Crippen molar-refractivity contribution in [3.63, 3.8) is 0 Å². The predicted octanol–water partition coefficient (Wildman–Crippen LogP) is 1.96. The van der Waals surface area contributed by atoms with Gasteiger partial charge in [0.2, 0.25) is 0 Å². The lowest BCUT2D eigenvalue weighted by molar-refractivity contribution is 0.504. The topological polar surface area (TPSA) is 69.6 Å². The van der Waals surface area contributed by atoms with Gasteiger partial charge in [0.1, 0.15) is 0 Å². The fourth-order valence-corrected chi connectivity index (χ4v) is 2.02. The minimum atomic E-state index is -0.213. The van der Waals surface area contributed by atoms with Crippen molar-refractivity contribution in [1.29, 1.82) is 0 Å². The number of rotatable bonds is 3. The molecule has 2 N–H and O–H groups in total. The molecule has 0 fully saturated rings. The molecule has 0 amide bonds. The quantitative estimate of drug-likeness (QED) is 0.905. The molecule has 6 heteroatoms. The molecule has 2 unspecified atom stereocenters. The molecule has 0 spiro atoms. The summed E-state index contributed by atoms with van der Waals surface area (Å²) in [6.07, 6.45) is 0. The molecule has 90 valence electrons. The summed E-state index contributed by atoms with van der Waals surface area (Å²) < 4.78 is 1.70. The molecule has 0 aliphatic carbocycles. The number of tetrazole rings is 1. The first-order chi connectivity index (χ1) is 8.11. The first kappa shape index (κ1) is 12.0. The summed E-state index contributed by atoms with van der Waals surface area (Å²) in [5.41, 5.74) is 6.79. The Morgan fingerprint density at radius 3 is 2.65 bits per heavy atom. The number of nitrogens with zero attached hydrogens (tertiary/aromatic N) is 4. The number of hydrogen-bond donors (Lipinski definition) is 1. The molecule has 2 atom stereocenters. The molecular weight excluding hydrogens is 238 g/mol.